The Morgan fingerprint density at radius 3 is 2.48 bits per heavy atom. The molecule has 1 amide bonds. The molecule has 21 heavy (non-hydrogen) atoms. The second kappa shape index (κ2) is 7.08. The molecule has 1 aromatic carbocycles. The molecule has 116 valence electrons. The van der Waals surface area contributed by atoms with Gasteiger partial charge in [-0.1, -0.05) is 58.0 Å². The molecule has 0 aromatic heterocycles. The molecule has 1 saturated heterocycles. The Hall–Kier alpha value is -1.35. The Morgan fingerprint density at radius 2 is 1.90 bits per heavy atom. The van der Waals surface area contributed by atoms with Gasteiger partial charge in [0.05, 0.1) is 0 Å². The molecule has 0 spiro atoms. The van der Waals surface area contributed by atoms with Crippen LogP contribution in [0.5, 0.6) is 0 Å². The van der Waals surface area contributed by atoms with E-state index in [2.05, 4.69) is 48.3 Å². The van der Waals surface area contributed by atoms with E-state index in [1.165, 1.54) is 5.56 Å². The summed E-state index contributed by atoms with van der Waals surface area (Å²) in [5.41, 5.74) is 1.27. The third kappa shape index (κ3) is 4.07. The third-order valence-corrected chi connectivity index (χ3v) is 4.14. The number of benzene rings is 1. The minimum atomic E-state index is 0.0641. The van der Waals surface area contributed by atoms with Crippen LogP contribution in [0.1, 0.15) is 45.7 Å². The van der Waals surface area contributed by atoms with Gasteiger partial charge in [0.1, 0.15) is 0 Å². The van der Waals surface area contributed by atoms with Crippen LogP contribution in [-0.2, 0) is 4.79 Å². The van der Waals surface area contributed by atoms with E-state index in [1.54, 1.807) is 0 Å². The number of hydrogen-bond acceptors (Lipinski definition) is 2. The molecule has 1 aliphatic rings. The van der Waals surface area contributed by atoms with Gasteiger partial charge in [0.15, 0.2) is 0 Å². The van der Waals surface area contributed by atoms with E-state index in [0.717, 1.165) is 19.5 Å². The highest BCUT2D eigenvalue weighted by atomic mass is 16.2. The SMILES string of the molecule is CC(C)CC1CNC(c2ccccc2)CN1C(=O)C(C)C. The number of nitrogens with zero attached hydrogens (tertiary/aromatic N) is 1. The van der Waals surface area contributed by atoms with E-state index in [9.17, 15) is 4.79 Å². The van der Waals surface area contributed by atoms with Gasteiger partial charge in [0.25, 0.3) is 0 Å². The van der Waals surface area contributed by atoms with Crippen LogP contribution >= 0.6 is 0 Å². The van der Waals surface area contributed by atoms with Gasteiger partial charge >= 0.3 is 0 Å². The van der Waals surface area contributed by atoms with Crippen LogP contribution in [-0.4, -0.2) is 29.9 Å². The molecule has 0 bridgehead atoms. The van der Waals surface area contributed by atoms with E-state index in [-0.39, 0.29) is 17.9 Å². The molecule has 0 radical (unpaired) electrons. The van der Waals surface area contributed by atoms with E-state index in [4.69, 9.17) is 0 Å². The molecule has 1 fully saturated rings. The molecule has 0 saturated carbocycles. The topological polar surface area (TPSA) is 32.3 Å². The van der Waals surface area contributed by atoms with Crippen molar-refractivity contribution < 1.29 is 4.79 Å². The number of carbonyl (C=O) groups is 1. The first-order valence-corrected chi connectivity index (χ1v) is 8.07. The third-order valence-electron chi connectivity index (χ3n) is 4.14. The van der Waals surface area contributed by atoms with Gasteiger partial charge in [-0.3, -0.25) is 4.79 Å². The van der Waals surface area contributed by atoms with Crippen molar-refractivity contribution >= 4 is 5.91 Å². The molecule has 1 heterocycles. The highest BCUT2D eigenvalue weighted by Crippen LogP contribution is 2.24. The Labute approximate surface area is 128 Å². The number of carbonyl (C=O) groups excluding carboxylic acids is 1. The van der Waals surface area contributed by atoms with Crippen LogP contribution in [0.25, 0.3) is 0 Å². The Kier molecular flexibility index (Phi) is 5.40. The van der Waals surface area contributed by atoms with Crippen molar-refractivity contribution in [1.82, 2.24) is 10.2 Å². The quantitative estimate of drug-likeness (QED) is 0.922. The molecule has 1 N–H and O–H groups in total. The maximum Gasteiger partial charge on any atom is 0.225 e. The van der Waals surface area contributed by atoms with Gasteiger partial charge in [0.2, 0.25) is 5.91 Å². The molecule has 2 unspecified atom stereocenters. The highest BCUT2D eigenvalue weighted by molar-refractivity contribution is 5.78. The van der Waals surface area contributed by atoms with Crippen LogP contribution < -0.4 is 5.32 Å². The monoisotopic (exact) mass is 288 g/mol. The number of nitrogens with one attached hydrogen (secondary N) is 1. The van der Waals surface area contributed by atoms with E-state index >= 15 is 0 Å². The van der Waals surface area contributed by atoms with Gasteiger partial charge in [0, 0.05) is 31.1 Å². The van der Waals surface area contributed by atoms with Crippen LogP contribution in [0.15, 0.2) is 30.3 Å². The van der Waals surface area contributed by atoms with Gasteiger partial charge in [-0.25, -0.2) is 0 Å². The number of hydrogen-bond donors (Lipinski definition) is 1. The standard InChI is InChI=1S/C18H28N2O/c1-13(2)10-16-11-19-17(15-8-6-5-7-9-15)12-20(16)18(21)14(3)4/h5-9,13-14,16-17,19H,10-12H2,1-4H3. The summed E-state index contributed by atoms with van der Waals surface area (Å²) in [6, 6.07) is 11.0. The summed E-state index contributed by atoms with van der Waals surface area (Å²) in [5.74, 6) is 0.949. The van der Waals surface area contributed by atoms with Gasteiger partial charge in [-0.2, -0.15) is 0 Å². The Morgan fingerprint density at radius 1 is 1.24 bits per heavy atom. The number of amides is 1. The van der Waals surface area contributed by atoms with E-state index in [0.29, 0.717) is 12.0 Å². The maximum absolute atomic E-state index is 12.6. The second-order valence-electron chi connectivity index (χ2n) is 6.80. The average molecular weight is 288 g/mol. The minimum Gasteiger partial charge on any atom is -0.336 e. The summed E-state index contributed by atoms with van der Waals surface area (Å²) < 4.78 is 0. The smallest absolute Gasteiger partial charge is 0.225 e. The Balaban J connectivity index is 2.14. The fourth-order valence-corrected chi connectivity index (χ4v) is 3.06. The van der Waals surface area contributed by atoms with Crippen molar-refractivity contribution in [2.75, 3.05) is 13.1 Å². The predicted octanol–water partition coefficient (Wildman–Crippen LogP) is 3.23. The van der Waals surface area contributed by atoms with Crippen LogP contribution in [0, 0.1) is 11.8 Å². The van der Waals surface area contributed by atoms with Crippen molar-refractivity contribution in [3.05, 3.63) is 35.9 Å². The summed E-state index contributed by atoms with van der Waals surface area (Å²) >= 11 is 0. The lowest BCUT2D eigenvalue weighted by Gasteiger charge is -2.42. The summed E-state index contributed by atoms with van der Waals surface area (Å²) in [7, 11) is 0. The molecule has 3 nitrogen and oxygen atoms in total. The molecule has 3 heteroatoms. The number of piperazine rings is 1. The zero-order valence-corrected chi connectivity index (χ0v) is 13.7. The summed E-state index contributed by atoms with van der Waals surface area (Å²) in [4.78, 5) is 14.7. The predicted molar refractivity (Wildman–Crippen MR) is 87.0 cm³/mol. The van der Waals surface area contributed by atoms with E-state index in [1.807, 2.05) is 19.9 Å². The first-order chi connectivity index (χ1) is 9.99. The highest BCUT2D eigenvalue weighted by Gasteiger charge is 2.32. The first-order valence-electron chi connectivity index (χ1n) is 8.07. The molecule has 1 aliphatic heterocycles. The normalized spacial score (nSPS) is 22.9. The summed E-state index contributed by atoms with van der Waals surface area (Å²) in [6.45, 7) is 10.1. The summed E-state index contributed by atoms with van der Waals surface area (Å²) in [5, 5.41) is 3.62. The van der Waals surface area contributed by atoms with Crippen molar-refractivity contribution in [2.45, 2.75) is 46.2 Å². The van der Waals surface area contributed by atoms with Gasteiger partial charge < -0.3 is 10.2 Å². The molecule has 2 atom stereocenters. The minimum absolute atomic E-state index is 0.0641. The molecule has 0 aliphatic carbocycles. The van der Waals surface area contributed by atoms with E-state index < -0.39 is 0 Å². The second-order valence-corrected chi connectivity index (χ2v) is 6.80. The lowest BCUT2D eigenvalue weighted by molar-refractivity contribution is -0.139. The number of rotatable bonds is 4. The molecular formula is C18H28N2O. The molecule has 2 rings (SSSR count). The zero-order valence-electron chi connectivity index (χ0n) is 13.7. The maximum atomic E-state index is 12.6. The lowest BCUT2D eigenvalue weighted by Crippen LogP contribution is -2.56. The van der Waals surface area contributed by atoms with Crippen molar-refractivity contribution in [3.8, 4) is 0 Å². The van der Waals surface area contributed by atoms with Crippen molar-refractivity contribution in [3.63, 3.8) is 0 Å². The summed E-state index contributed by atoms with van der Waals surface area (Å²) in [6.07, 6.45) is 1.06. The van der Waals surface area contributed by atoms with Gasteiger partial charge in [-0.05, 0) is 17.9 Å². The fourth-order valence-electron chi connectivity index (χ4n) is 3.06. The first kappa shape index (κ1) is 16.0. The van der Waals surface area contributed by atoms with Crippen LogP contribution in [0.2, 0.25) is 0 Å². The largest absolute Gasteiger partial charge is 0.336 e. The van der Waals surface area contributed by atoms with Crippen LogP contribution in [0.3, 0.4) is 0 Å². The molecular weight excluding hydrogens is 260 g/mol. The van der Waals surface area contributed by atoms with Crippen molar-refractivity contribution in [2.24, 2.45) is 11.8 Å². The zero-order chi connectivity index (χ0) is 15.4. The van der Waals surface area contributed by atoms with Gasteiger partial charge in [-0.15, -0.1) is 0 Å². The van der Waals surface area contributed by atoms with Crippen molar-refractivity contribution in [1.29, 1.82) is 0 Å². The lowest BCUT2D eigenvalue weighted by atomic mass is 9.95. The fraction of sp³-hybridized carbons (Fsp3) is 0.611. The van der Waals surface area contributed by atoms with Crippen LogP contribution in [0.4, 0.5) is 0 Å². The molecule has 1 aromatic rings. The Bertz CT molecular complexity index is 456. The average Bonchev–Trinajstić information content (AvgIpc) is 2.47.